The number of aromatic nitrogens is 1. The number of hydrogen-bond donors (Lipinski definition) is 2. The molecule has 1 fully saturated rings. The second-order valence-corrected chi connectivity index (χ2v) is 10.7. The average Bonchev–Trinajstić information content (AvgIpc) is 2.82. The Morgan fingerprint density at radius 1 is 1.12 bits per heavy atom. The minimum absolute atomic E-state index is 0.0577. The maximum Gasteiger partial charge on any atom is 0.232 e. The summed E-state index contributed by atoms with van der Waals surface area (Å²) in [7, 11) is -3.31. The lowest BCUT2D eigenvalue weighted by Crippen LogP contribution is -2.31. The lowest BCUT2D eigenvalue weighted by Gasteiger charge is -2.31. The predicted molar refractivity (Wildman–Crippen MR) is 134 cm³/mol. The molecule has 6 nitrogen and oxygen atoms in total. The molecule has 0 amide bonds. The fourth-order valence-electron chi connectivity index (χ4n) is 4.66. The number of pyridine rings is 1. The predicted octanol–water partition coefficient (Wildman–Crippen LogP) is 4.86. The number of hydrogen-bond acceptors (Lipinski definition) is 5. The number of ether oxygens (including phenoxy) is 1. The summed E-state index contributed by atoms with van der Waals surface area (Å²) < 4.78 is 33.1. The smallest absolute Gasteiger partial charge is 0.232 e. The monoisotopic (exact) mass is 467 g/mol. The van der Waals surface area contributed by atoms with Crippen LogP contribution in [0.2, 0.25) is 0 Å². The third kappa shape index (κ3) is 6.03. The van der Waals surface area contributed by atoms with Crippen molar-refractivity contribution in [1.29, 1.82) is 0 Å². The Morgan fingerprint density at radius 3 is 2.70 bits per heavy atom. The third-order valence-corrected chi connectivity index (χ3v) is 7.75. The number of benzene rings is 2. The van der Waals surface area contributed by atoms with Crippen molar-refractivity contribution in [2.45, 2.75) is 39.0 Å². The van der Waals surface area contributed by atoms with Crippen LogP contribution >= 0.6 is 0 Å². The maximum atomic E-state index is 12.1. The Morgan fingerprint density at radius 2 is 1.91 bits per heavy atom. The first-order valence-electron chi connectivity index (χ1n) is 11.8. The van der Waals surface area contributed by atoms with E-state index < -0.39 is 10.0 Å². The van der Waals surface area contributed by atoms with E-state index >= 15 is 0 Å². The number of fused-ring (bicyclic) bond motifs is 1. The van der Waals surface area contributed by atoms with Gasteiger partial charge in [-0.1, -0.05) is 18.2 Å². The molecule has 0 saturated carbocycles. The molecule has 3 aromatic rings. The Balaban J connectivity index is 1.53. The van der Waals surface area contributed by atoms with Crippen LogP contribution in [0.25, 0.3) is 10.9 Å². The summed E-state index contributed by atoms with van der Waals surface area (Å²) in [5.74, 6) is 1.74. The average molecular weight is 468 g/mol. The third-order valence-electron chi connectivity index (χ3n) is 6.44. The van der Waals surface area contributed by atoms with Crippen molar-refractivity contribution in [1.82, 2.24) is 10.3 Å². The standard InChI is InChI=1S/C26H33N3O3S/c1-3-33(30,31)29-22-7-4-6-21(18-22)23(20-12-15-27-16-13-20)14-17-32-26-9-5-8-25-24(26)11-10-19(2)28-25/h4-11,18,20,23,27,29H,3,12-17H2,1-2H3. The summed E-state index contributed by atoms with van der Waals surface area (Å²) in [4.78, 5) is 4.60. The van der Waals surface area contributed by atoms with Crippen molar-refractivity contribution in [2.75, 3.05) is 30.2 Å². The quantitative estimate of drug-likeness (QED) is 0.470. The van der Waals surface area contributed by atoms with E-state index in [-0.39, 0.29) is 5.75 Å². The van der Waals surface area contributed by atoms with Gasteiger partial charge in [0.05, 0.1) is 17.9 Å². The van der Waals surface area contributed by atoms with Crippen LogP contribution in [0.5, 0.6) is 5.75 Å². The van der Waals surface area contributed by atoms with Crippen molar-refractivity contribution in [2.24, 2.45) is 5.92 Å². The van der Waals surface area contributed by atoms with E-state index in [2.05, 4.69) is 27.2 Å². The van der Waals surface area contributed by atoms with Crippen LogP contribution in [0.3, 0.4) is 0 Å². The van der Waals surface area contributed by atoms with E-state index in [1.165, 1.54) is 0 Å². The molecule has 4 rings (SSSR count). The molecule has 0 aliphatic carbocycles. The molecule has 1 saturated heterocycles. The number of anilines is 1. The maximum absolute atomic E-state index is 12.1. The molecule has 0 spiro atoms. The summed E-state index contributed by atoms with van der Waals surface area (Å²) in [6, 6.07) is 17.9. The highest BCUT2D eigenvalue weighted by molar-refractivity contribution is 7.92. The van der Waals surface area contributed by atoms with Gasteiger partial charge in [-0.05, 0) is 100.0 Å². The summed E-state index contributed by atoms with van der Waals surface area (Å²) in [6.07, 6.45) is 3.07. The van der Waals surface area contributed by atoms with Gasteiger partial charge in [-0.2, -0.15) is 0 Å². The number of piperidine rings is 1. The Labute approximate surface area is 196 Å². The van der Waals surface area contributed by atoms with Gasteiger partial charge in [-0.25, -0.2) is 8.42 Å². The molecule has 1 atom stereocenters. The zero-order valence-electron chi connectivity index (χ0n) is 19.4. The number of sulfonamides is 1. The van der Waals surface area contributed by atoms with E-state index in [9.17, 15) is 8.42 Å². The van der Waals surface area contributed by atoms with Crippen LogP contribution in [0.1, 0.15) is 43.4 Å². The van der Waals surface area contributed by atoms with Crippen molar-refractivity contribution < 1.29 is 13.2 Å². The highest BCUT2D eigenvalue weighted by Crippen LogP contribution is 2.35. The van der Waals surface area contributed by atoms with E-state index in [0.717, 1.165) is 60.3 Å². The zero-order chi connectivity index (χ0) is 23.3. The molecule has 7 heteroatoms. The highest BCUT2D eigenvalue weighted by atomic mass is 32.2. The van der Waals surface area contributed by atoms with Gasteiger partial charge >= 0.3 is 0 Å². The first kappa shape index (κ1) is 23.5. The van der Waals surface area contributed by atoms with Gasteiger partial charge < -0.3 is 10.1 Å². The molecule has 2 aromatic carbocycles. The van der Waals surface area contributed by atoms with Crippen LogP contribution in [0, 0.1) is 12.8 Å². The van der Waals surface area contributed by atoms with E-state index in [0.29, 0.717) is 24.1 Å². The van der Waals surface area contributed by atoms with Gasteiger partial charge in [-0.15, -0.1) is 0 Å². The van der Waals surface area contributed by atoms with Crippen LogP contribution in [-0.4, -0.2) is 38.9 Å². The van der Waals surface area contributed by atoms with Gasteiger partial charge in [0.1, 0.15) is 5.75 Å². The molecule has 1 aromatic heterocycles. The first-order chi connectivity index (χ1) is 15.9. The lowest BCUT2D eigenvalue weighted by atomic mass is 9.78. The summed E-state index contributed by atoms with van der Waals surface area (Å²) in [5.41, 5.74) is 3.73. The first-order valence-corrected chi connectivity index (χ1v) is 13.4. The van der Waals surface area contributed by atoms with E-state index in [1.807, 2.05) is 49.4 Å². The van der Waals surface area contributed by atoms with Gasteiger partial charge in [0, 0.05) is 16.8 Å². The van der Waals surface area contributed by atoms with Gasteiger partial charge in [-0.3, -0.25) is 9.71 Å². The molecule has 2 N–H and O–H groups in total. The van der Waals surface area contributed by atoms with Gasteiger partial charge in [0.15, 0.2) is 0 Å². The molecule has 0 bridgehead atoms. The fraction of sp³-hybridized carbons (Fsp3) is 0.423. The fourth-order valence-corrected chi connectivity index (χ4v) is 5.29. The Bertz CT molecular complexity index is 1190. The number of nitrogens with zero attached hydrogens (tertiary/aromatic N) is 1. The van der Waals surface area contributed by atoms with Crippen LogP contribution in [-0.2, 0) is 10.0 Å². The Hall–Kier alpha value is -2.64. The van der Waals surface area contributed by atoms with Gasteiger partial charge in [0.25, 0.3) is 0 Å². The topological polar surface area (TPSA) is 80.3 Å². The number of aryl methyl sites for hydroxylation is 1. The number of nitrogens with one attached hydrogen (secondary N) is 2. The molecule has 1 aliphatic rings. The van der Waals surface area contributed by atoms with Crippen LogP contribution in [0.15, 0.2) is 54.6 Å². The molecular weight excluding hydrogens is 434 g/mol. The number of rotatable bonds is 9. The van der Waals surface area contributed by atoms with Crippen molar-refractivity contribution in [3.05, 3.63) is 65.9 Å². The van der Waals surface area contributed by atoms with Gasteiger partial charge in [0.2, 0.25) is 10.0 Å². The summed E-state index contributed by atoms with van der Waals surface area (Å²) >= 11 is 0. The molecular formula is C26H33N3O3S. The molecule has 0 radical (unpaired) electrons. The summed E-state index contributed by atoms with van der Waals surface area (Å²) in [5, 5.41) is 4.47. The normalized spacial score (nSPS) is 15.9. The van der Waals surface area contributed by atoms with Crippen LogP contribution < -0.4 is 14.8 Å². The summed E-state index contributed by atoms with van der Waals surface area (Å²) in [6.45, 7) is 6.25. The SMILES string of the molecule is CCS(=O)(=O)Nc1cccc(C(CCOc2cccc3nc(C)ccc23)C2CCNCC2)c1. The molecule has 1 aliphatic heterocycles. The molecule has 176 valence electrons. The second kappa shape index (κ2) is 10.5. The van der Waals surface area contributed by atoms with Crippen LogP contribution in [0.4, 0.5) is 5.69 Å². The van der Waals surface area contributed by atoms with Crippen molar-refractivity contribution >= 4 is 26.6 Å². The Kier molecular flexibility index (Phi) is 7.50. The molecule has 1 unspecified atom stereocenters. The van der Waals surface area contributed by atoms with Crippen molar-refractivity contribution in [3.63, 3.8) is 0 Å². The minimum atomic E-state index is -3.31. The van der Waals surface area contributed by atoms with E-state index in [4.69, 9.17) is 4.74 Å². The molecule has 2 heterocycles. The zero-order valence-corrected chi connectivity index (χ0v) is 20.2. The highest BCUT2D eigenvalue weighted by Gasteiger charge is 2.25. The minimum Gasteiger partial charge on any atom is -0.493 e. The van der Waals surface area contributed by atoms with E-state index in [1.54, 1.807) is 6.92 Å². The second-order valence-electron chi connectivity index (χ2n) is 8.74. The lowest BCUT2D eigenvalue weighted by molar-refractivity contribution is 0.249. The van der Waals surface area contributed by atoms with Crippen molar-refractivity contribution in [3.8, 4) is 5.75 Å². The largest absolute Gasteiger partial charge is 0.493 e. The molecule has 33 heavy (non-hydrogen) atoms.